The van der Waals surface area contributed by atoms with Gasteiger partial charge in [0.15, 0.2) is 0 Å². The van der Waals surface area contributed by atoms with Gasteiger partial charge in [-0.05, 0) is 43.7 Å². The van der Waals surface area contributed by atoms with E-state index in [0.29, 0.717) is 18.0 Å². The first-order valence-electron chi connectivity index (χ1n) is 7.89. The van der Waals surface area contributed by atoms with E-state index < -0.39 is 10.0 Å². The van der Waals surface area contributed by atoms with Gasteiger partial charge in [-0.15, -0.1) is 0 Å². The molecule has 1 saturated carbocycles. The van der Waals surface area contributed by atoms with Crippen LogP contribution in [0.5, 0.6) is 0 Å². The fourth-order valence-electron chi connectivity index (χ4n) is 2.74. The van der Waals surface area contributed by atoms with Gasteiger partial charge >= 0.3 is 0 Å². The molecule has 5 nitrogen and oxygen atoms in total. The summed E-state index contributed by atoms with van der Waals surface area (Å²) >= 11 is 0. The van der Waals surface area contributed by atoms with Crippen molar-refractivity contribution in [3.8, 4) is 0 Å². The molecule has 6 heteroatoms. The van der Waals surface area contributed by atoms with Crippen LogP contribution in [0.15, 0.2) is 17.2 Å². The first-order valence-corrected chi connectivity index (χ1v) is 9.37. The SMILES string of the molecule is CCCNCc1cc(S(=O)(=O)NCC2(CC)CCC2)c[nH]1. The van der Waals surface area contributed by atoms with Crippen LogP contribution in [-0.4, -0.2) is 26.5 Å². The number of nitrogens with one attached hydrogen (secondary N) is 3. The van der Waals surface area contributed by atoms with Gasteiger partial charge in [-0.1, -0.05) is 20.3 Å². The van der Waals surface area contributed by atoms with Crippen molar-refractivity contribution in [2.75, 3.05) is 13.1 Å². The quantitative estimate of drug-likeness (QED) is 0.613. The Morgan fingerprint density at radius 2 is 2.10 bits per heavy atom. The Bertz CT molecular complexity index is 542. The van der Waals surface area contributed by atoms with Crippen LogP contribution in [0.3, 0.4) is 0 Å². The fraction of sp³-hybridized carbons (Fsp3) is 0.733. The number of rotatable bonds is 9. The second kappa shape index (κ2) is 6.94. The van der Waals surface area contributed by atoms with E-state index in [1.54, 1.807) is 12.3 Å². The Hall–Kier alpha value is -0.850. The largest absolute Gasteiger partial charge is 0.363 e. The normalized spacial score (nSPS) is 17.6. The van der Waals surface area contributed by atoms with Crippen LogP contribution in [0, 0.1) is 5.41 Å². The Morgan fingerprint density at radius 3 is 2.67 bits per heavy atom. The monoisotopic (exact) mass is 313 g/mol. The van der Waals surface area contributed by atoms with E-state index in [1.807, 2.05) is 0 Å². The second-order valence-corrected chi connectivity index (χ2v) is 7.84. The van der Waals surface area contributed by atoms with Gasteiger partial charge in [-0.2, -0.15) is 0 Å². The van der Waals surface area contributed by atoms with Crippen molar-refractivity contribution in [3.63, 3.8) is 0 Å². The minimum absolute atomic E-state index is 0.189. The third kappa shape index (κ3) is 4.08. The van der Waals surface area contributed by atoms with Crippen molar-refractivity contribution in [1.82, 2.24) is 15.0 Å². The maximum absolute atomic E-state index is 12.3. The topological polar surface area (TPSA) is 74.0 Å². The van der Waals surface area contributed by atoms with Gasteiger partial charge in [-0.3, -0.25) is 0 Å². The van der Waals surface area contributed by atoms with Crippen LogP contribution in [0.2, 0.25) is 0 Å². The molecule has 1 aromatic heterocycles. The molecule has 0 atom stereocenters. The Balaban J connectivity index is 1.93. The van der Waals surface area contributed by atoms with E-state index >= 15 is 0 Å². The molecule has 0 spiro atoms. The van der Waals surface area contributed by atoms with E-state index in [-0.39, 0.29) is 5.41 Å². The van der Waals surface area contributed by atoms with Crippen molar-refractivity contribution in [1.29, 1.82) is 0 Å². The minimum atomic E-state index is -3.40. The average molecular weight is 313 g/mol. The lowest BCUT2D eigenvalue weighted by Gasteiger charge is -2.41. The third-order valence-corrected chi connectivity index (χ3v) is 5.95. The smallest absolute Gasteiger partial charge is 0.242 e. The lowest BCUT2D eigenvalue weighted by molar-refractivity contribution is 0.133. The number of aromatic amines is 1. The molecule has 0 amide bonds. The molecule has 0 bridgehead atoms. The van der Waals surface area contributed by atoms with Crippen molar-refractivity contribution < 1.29 is 8.42 Å². The van der Waals surface area contributed by atoms with Gasteiger partial charge in [0.05, 0.1) is 4.90 Å². The van der Waals surface area contributed by atoms with Gasteiger partial charge in [-0.25, -0.2) is 13.1 Å². The fourth-order valence-corrected chi connectivity index (χ4v) is 3.91. The molecule has 0 aromatic carbocycles. The maximum Gasteiger partial charge on any atom is 0.242 e. The van der Waals surface area contributed by atoms with Gasteiger partial charge < -0.3 is 10.3 Å². The summed E-state index contributed by atoms with van der Waals surface area (Å²) in [5.41, 5.74) is 1.09. The van der Waals surface area contributed by atoms with Crippen molar-refractivity contribution >= 4 is 10.0 Å². The number of H-pyrrole nitrogens is 1. The second-order valence-electron chi connectivity index (χ2n) is 6.07. The summed E-state index contributed by atoms with van der Waals surface area (Å²) in [6.07, 6.45) is 7.15. The number of sulfonamides is 1. The third-order valence-electron chi connectivity index (χ3n) is 4.57. The molecule has 0 radical (unpaired) electrons. The summed E-state index contributed by atoms with van der Waals surface area (Å²) in [6.45, 7) is 6.40. The zero-order chi connectivity index (χ0) is 15.3. The summed E-state index contributed by atoms with van der Waals surface area (Å²) in [5, 5.41) is 3.25. The van der Waals surface area contributed by atoms with Crippen molar-refractivity contribution in [2.45, 2.75) is 57.4 Å². The number of hydrogen-bond acceptors (Lipinski definition) is 3. The van der Waals surface area contributed by atoms with Gasteiger partial charge in [0.25, 0.3) is 0 Å². The van der Waals surface area contributed by atoms with E-state index in [2.05, 4.69) is 28.9 Å². The average Bonchev–Trinajstić information content (AvgIpc) is 2.88. The van der Waals surface area contributed by atoms with Gasteiger partial charge in [0, 0.05) is 25.0 Å². The first kappa shape index (κ1) is 16.5. The summed E-state index contributed by atoms with van der Waals surface area (Å²) in [4.78, 5) is 3.36. The minimum Gasteiger partial charge on any atom is -0.363 e. The first-order chi connectivity index (χ1) is 10.0. The predicted molar refractivity (Wildman–Crippen MR) is 84.6 cm³/mol. The lowest BCUT2D eigenvalue weighted by atomic mass is 9.67. The van der Waals surface area contributed by atoms with Crippen LogP contribution < -0.4 is 10.0 Å². The zero-order valence-corrected chi connectivity index (χ0v) is 13.9. The van der Waals surface area contributed by atoms with Crippen LogP contribution in [0.1, 0.15) is 51.6 Å². The highest BCUT2D eigenvalue weighted by Crippen LogP contribution is 2.43. The molecular weight excluding hydrogens is 286 g/mol. The van der Waals surface area contributed by atoms with Crippen LogP contribution in [0.25, 0.3) is 0 Å². The molecule has 1 aliphatic carbocycles. The van der Waals surface area contributed by atoms with E-state index in [1.165, 1.54) is 6.42 Å². The highest BCUT2D eigenvalue weighted by atomic mass is 32.2. The Labute approximate surface area is 128 Å². The van der Waals surface area contributed by atoms with Crippen LogP contribution >= 0.6 is 0 Å². The molecule has 0 aliphatic heterocycles. The van der Waals surface area contributed by atoms with Crippen LogP contribution in [-0.2, 0) is 16.6 Å². The summed E-state index contributed by atoms with van der Waals surface area (Å²) in [7, 11) is -3.40. The van der Waals surface area contributed by atoms with Gasteiger partial charge in [0.1, 0.15) is 0 Å². The lowest BCUT2D eigenvalue weighted by Crippen LogP contribution is -2.41. The molecule has 0 saturated heterocycles. The molecule has 1 aliphatic rings. The molecule has 1 fully saturated rings. The summed E-state index contributed by atoms with van der Waals surface area (Å²) in [5.74, 6) is 0. The molecule has 120 valence electrons. The molecular formula is C15H27N3O2S. The molecule has 3 N–H and O–H groups in total. The standard InChI is InChI=1S/C15H27N3O2S/c1-3-8-16-10-13-9-14(11-17-13)21(19,20)18-12-15(4-2)6-5-7-15/h9,11,16-18H,3-8,10,12H2,1-2H3. The molecule has 2 rings (SSSR count). The Kier molecular flexibility index (Phi) is 5.46. The van der Waals surface area contributed by atoms with E-state index in [4.69, 9.17) is 0 Å². The summed E-state index contributed by atoms with van der Waals surface area (Å²) < 4.78 is 27.4. The van der Waals surface area contributed by atoms with E-state index in [0.717, 1.165) is 37.9 Å². The number of hydrogen-bond donors (Lipinski definition) is 3. The molecule has 21 heavy (non-hydrogen) atoms. The van der Waals surface area contributed by atoms with E-state index in [9.17, 15) is 8.42 Å². The Morgan fingerprint density at radius 1 is 1.33 bits per heavy atom. The number of aromatic nitrogens is 1. The van der Waals surface area contributed by atoms with Crippen molar-refractivity contribution in [2.24, 2.45) is 5.41 Å². The zero-order valence-electron chi connectivity index (χ0n) is 13.0. The van der Waals surface area contributed by atoms with Gasteiger partial charge in [0.2, 0.25) is 10.0 Å². The highest BCUT2D eigenvalue weighted by Gasteiger charge is 2.36. The van der Waals surface area contributed by atoms with Crippen molar-refractivity contribution in [3.05, 3.63) is 18.0 Å². The summed E-state index contributed by atoms with van der Waals surface area (Å²) in [6, 6.07) is 1.71. The predicted octanol–water partition coefficient (Wildman–Crippen LogP) is 2.37. The molecule has 1 heterocycles. The van der Waals surface area contributed by atoms with Crippen LogP contribution in [0.4, 0.5) is 0 Å². The molecule has 1 aromatic rings. The highest BCUT2D eigenvalue weighted by molar-refractivity contribution is 7.89. The molecule has 0 unspecified atom stereocenters. The maximum atomic E-state index is 12.3.